The molecule has 1 aliphatic rings. The van der Waals surface area contributed by atoms with Crippen molar-refractivity contribution in [1.82, 2.24) is 25.6 Å². The lowest BCUT2D eigenvalue weighted by Crippen LogP contribution is -2.39. The lowest BCUT2D eigenvalue weighted by molar-refractivity contribution is -0.122. The van der Waals surface area contributed by atoms with Crippen LogP contribution in [0, 0.1) is 5.82 Å². The number of halogens is 1. The molecule has 1 atom stereocenters. The van der Waals surface area contributed by atoms with Crippen molar-refractivity contribution >= 4 is 23.1 Å². The summed E-state index contributed by atoms with van der Waals surface area (Å²) in [6.07, 6.45) is 7.01. The zero-order valence-corrected chi connectivity index (χ0v) is 18.3. The first kappa shape index (κ1) is 21.3. The van der Waals surface area contributed by atoms with E-state index in [2.05, 4.69) is 30.9 Å². The van der Waals surface area contributed by atoms with Crippen molar-refractivity contribution in [2.75, 3.05) is 11.9 Å². The van der Waals surface area contributed by atoms with Crippen LogP contribution >= 0.6 is 11.3 Å². The number of anilines is 1. The molecule has 1 unspecified atom stereocenters. The van der Waals surface area contributed by atoms with E-state index in [-0.39, 0.29) is 17.8 Å². The number of amides is 1. The van der Waals surface area contributed by atoms with Crippen LogP contribution in [0.25, 0.3) is 10.6 Å². The van der Waals surface area contributed by atoms with Gasteiger partial charge in [0, 0.05) is 29.0 Å². The maximum absolute atomic E-state index is 14.1. The van der Waals surface area contributed by atoms with Crippen LogP contribution in [-0.2, 0) is 16.9 Å². The SMILES string of the molecule is CC(C)(Nc1ccc(-c2ncc(CNC(=O)C3CCCN3)s2)cn1)c1ncccc1F. The molecule has 3 N–H and O–H groups in total. The first-order valence-electron chi connectivity index (χ1n) is 10.2. The standard InChI is InChI=1S/C22H25FN6OS/c1-22(2,19-16(23)5-3-10-25-19)29-18-8-7-14(11-26-18)21-28-13-15(31-21)12-27-20(30)17-6-4-9-24-17/h3,5,7-8,10-11,13,17,24H,4,6,9,12H2,1-2H3,(H,26,29)(H,27,30). The van der Waals surface area contributed by atoms with E-state index in [9.17, 15) is 9.18 Å². The number of hydrogen-bond donors (Lipinski definition) is 3. The summed E-state index contributed by atoms with van der Waals surface area (Å²) in [6, 6.07) is 6.65. The van der Waals surface area contributed by atoms with Crippen molar-refractivity contribution < 1.29 is 9.18 Å². The van der Waals surface area contributed by atoms with Gasteiger partial charge in [0.1, 0.15) is 22.3 Å². The van der Waals surface area contributed by atoms with E-state index in [0.717, 1.165) is 34.8 Å². The summed E-state index contributed by atoms with van der Waals surface area (Å²) in [5.41, 5.74) is 0.494. The molecule has 1 fully saturated rings. The maximum Gasteiger partial charge on any atom is 0.237 e. The Morgan fingerprint density at radius 2 is 2.13 bits per heavy atom. The summed E-state index contributed by atoms with van der Waals surface area (Å²) in [4.78, 5) is 26.2. The fraction of sp³-hybridized carbons (Fsp3) is 0.364. The molecule has 31 heavy (non-hydrogen) atoms. The summed E-state index contributed by atoms with van der Waals surface area (Å²) in [7, 11) is 0. The van der Waals surface area contributed by atoms with E-state index in [1.54, 1.807) is 24.7 Å². The minimum Gasteiger partial charge on any atom is -0.359 e. The number of carbonyl (C=O) groups excluding carboxylic acids is 1. The van der Waals surface area contributed by atoms with Crippen LogP contribution in [0.1, 0.15) is 37.3 Å². The van der Waals surface area contributed by atoms with Gasteiger partial charge in [-0.05, 0) is 57.5 Å². The van der Waals surface area contributed by atoms with Crippen molar-refractivity contribution in [2.45, 2.75) is 44.8 Å². The molecule has 3 aromatic rings. The molecular formula is C22H25FN6OS. The summed E-state index contributed by atoms with van der Waals surface area (Å²) < 4.78 is 14.1. The van der Waals surface area contributed by atoms with Crippen molar-refractivity contribution in [3.8, 4) is 10.6 Å². The molecule has 0 aromatic carbocycles. The molecule has 4 rings (SSSR count). The highest BCUT2D eigenvalue weighted by atomic mass is 32.1. The summed E-state index contributed by atoms with van der Waals surface area (Å²) in [5, 5.41) is 10.2. The number of aromatic nitrogens is 3. The summed E-state index contributed by atoms with van der Waals surface area (Å²) in [6.45, 7) is 5.08. The molecule has 0 radical (unpaired) electrons. The average molecular weight is 441 g/mol. The average Bonchev–Trinajstić information content (AvgIpc) is 3.45. The van der Waals surface area contributed by atoms with Gasteiger partial charge in [0.05, 0.1) is 18.1 Å². The molecule has 0 bridgehead atoms. The Balaban J connectivity index is 1.38. The normalized spacial score (nSPS) is 16.3. The van der Waals surface area contributed by atoms with Gasteiger partial charge in [0.15, 0.2) is 0 Å². The van der Waals surface area contributed by atoms with Crippen molar-refractivity contribution in [1.29, 1.82) is 0 Å². The lowest BCUT2D eigenvalue weighted by atomic mass is 9.99. The van der Waals surface area contributed by atoms with Gasteiger partial charge in [0.2, 0.25) is 5.91 Å². The Hall–Kier alpha value is -2.91. The summed E-state index contributed by atoms with van der Waals surface area (Å²) in [5.74, 6) is 0.297. The second-order valence-electron chi connectivity index (χ2n) is 8.01. The van der Waals surface area contributed by atoms with Gasteiger partial charge in [-0.3, -0.25) is 9.78 Å². The van der Waals surface area contributed by atoms with Crippen LogP contribution < -0.4 is 16.0 Å². The lowest BCUT2D eigenvalue weighted by Gasteiger charge is -2.26. The van der Waals surface area contributed by atoms with Crippen LogP contribution in [0.4, 0.5) is 10.2 Å². The molecule has 1 aliphatic heterocycles. The Morgan fingerprint density at radius 1 is 1.26 bits per heavy atom. The van der Waals surface area contributed by atoms with E-state index in [4.69, 9.17) is 0 Å². The minimum atomic E-state index is -0.722. The van der Waals surface area contributed by atoms with Crippen LogP contribution in [0.15, 0.2) is 42.9 Å². The predicted molar refractivity (Wildman–Crippen MR) is 119 cm³/mol. The van der Waals surface area contributed by atoms with Gasteiger partial charge in [0.25, 0.3) is 0 Å². The molecule has 0 spiro atoms. The molecule has 9 heteroatoms. The van der Waals surface area contributed by atoms with Gasteiger partial charge in [-0.15, -0.1) is 11.3 Å². The highest BCUT2D eigenvalue weighted by molar-refractivity contribution is 7.15. The smallest absolute Gasteiger partial charge is 0.237 e. The molecule has 162 valence electrons. The zero-order chi connectivity index (χ0) is 21.8. The Morgan fingerprint density at radius 3 is 2.84 bits per heavy atom. The number of pyridine rings is 2. The van der Waals surface area contributed by atoms with Crippen molar-refractivity contribution in [3.63, 3.8) is 0 Å². The number of hydrogen-bond acceptors (Lipinski definition) is 7. The predicted octanol–water partition coefficient (Wildman–Crippen LogP) is 3.45. The Kier molecular flexibility index (Phi) is 6.24. The number of nitrogens with one attached hydrogen (secondary N) is 3. The quantitative estimate of drug-likeness (QED) is 0.521. The zero-order valence-electron chi connectivity index (χ0n) is 17.5. The van der Waals surface area contributed by atoms with Crippen molar-refractivity contribution in [2.24, 2.45) is 0 Å². The van der Waals surface area contributed by atoms with Gasteiger partial charge < -0.3 is 16.0 Å². The fourth-order valence-electron chi connectivity index (χ4n) is 3.55. The molecule has 4 heterocycles. The van der Waals surface area contributed by atoms with Gasteiger partial charge in [-0.25, -0.2) is 14.4 Å². The molecule has 1 amide bonds. The fourth-order valence-corrected chi connectivity index (χ4v) is 4.39. The van der Waals surface area contributed by atoms with E-state index >= 15 is 0 Å². The highest BCUT2D eigenvalue weighted by Gasteiger charge is 2.26. The molecular weight excluding hydrogens is 415 g/mol. The number of nitrogens with zero attached hydrogens (tertiary/aromatic N) is 3. The first-order chi connectivity index (χ1) is 14.9. The number of rotatable bonds is 7. The highest BCUT2D eigenvalue weighted by Crippen LogP contribution is 2.28. The van der Waals surface area contributed by atoms with E-state index in [0.29, 0.717) is 18.1 Å². The second-order valence-corrected chi connectivity index (χ2v) is 9.13. The van der Waals surface area contributed by atoms with E-state index in [1.807, 2.05) is 26.0 Å². The largest absolute Gasteiger partial charge is 0.359 e. The Bertz CT molecular complexity index is 1050. The van der Waals surface area contributed by atoms with Crippen LogP contribution in [0.3, 0.4) is 0 Å². The summed E-state index contributed by atoms with van der Waals surface area (Å²) >= 11 is 1.52. The third-order valence-electron chi connectivity index (χ3n) is 5.17. The Labute approximate surface area is 184 Å². The molecule has 3 aromatic heterocycles. The topological polar surface area (TPSA) is 91.8 Å². The maximum atomic E-state index is 14.1. The number of thiazole rings is 1. The van der Waals surface area contributed by atoms with Crippen molar-refractivity contribution in [3.05, 3.63) is 59.2 Å². The molecule has 0 saturated carbocycles. The third-order valence-corrected chi connectivity index (χ3v) is 6.22. The van der Waals surface area contributed by atoms with Gasteiger partial charge in [-0.2, -0.15) is 0 Å². The van der Waals surface area contributed by atoms with Crippen LogP contribution in [-0.4, -0.2) is 33.4 Å². The molecule has 0 aliphatic carbocycles. The molecule has 1 saturated heterocycles. The van der Waals surface area contributed by atoms with Gasteiger partial charge >= 0.3 is 0 Å². The molecule has 7 nitrogen and oxygen atoms in total. The van der Waals surface area contributed by atoms with Crippen LogP contribution in [0.2, 0.25) is 0 Å². The second kappa shape index (κ2) is 9.07. The number of carbonyl (C=O) groups is 1. The van der Waals surface area contributed by atoms with Gasteiger partial charge in [-0.1, -0.05) is 0 Å². The minimum absolute atomic E-state index is 0.0384. The van der Waals surface area contributed by atoms with E-state index < -0.39 is 5.54 Å². The first-order valence-corrected chi connectivity index (χ1v) is 11.1. The monoisotopic (exact) mass is 440 g/mol. The van der Waals surface area contributed by atoms with Crippen LogP contribution in [0.5, 0.6) is 0 Å². The van der Waals surface area contributed by atoms with E-state index in [1.165, 1.54) is 17.4 Å². The third kappa shape index (κ3) is 5.05.